The fourth-order valence-corrected chi connectivity index (χ4v) is 1.61. The van der Waals surface area contributed by atoms with Gasteiger partial charge in [-0.25, -0.2) is 8.78 Å². The minimum absolute atomic E-state index is 0.0162. The van der Waals surface area contributed by atoms with Crippen molar-refractivity contribution in [3.63, 3.8) is 0 Å². The highest BCUT2D eigenvalue weighted by molar-refractivity contribution is 6.04. The number of anilines is 1. The average molecular weight is 263 g/mol. The van der Waals surface area contributed by atoms with Crippen molar-refractivity contribution in [1.29, 1.82) is 0 Å². The molecular weight excluding hydrogens is 252 g/mol. The van der Waals surface area contributed by atoms with Gasteiger partial charge in [0.25, 0.3) is 5.91 Å². The van der Waals surface area contributed by atoms with Crippen molar-refractivity contribution in [2.24, 2.45) is 0 Å². The molecule has 2 N–H and O–H groups in total. The highest BCUT2D eigenvalue weighted by Gasteiger charge is 2.14. The van der Waals surface area contributed by atoms with Crippen molar-refractivity contribution in [2.45, 2.75) is 6.92 Å². The van der Waals surface area contributed by atoms with Gasteiger partial charge in [0.2, 0.25) is 0 Å². The first-order valence-corrected chi connectivity index (χ1v) is 5.53. The normalized spacial score (nSPS) is 10.3. The van der Waals surface area contributed by atoms with Gasteiger partial charge in [0, 0.05) is 6.07 Å². The first-order valence-electron chi connectivity index (χ1n) is 5.53. The largest absolute Gasteiger partial charge is 0.508 e. The van der Waals surface area contributed by atoms with Crippen LogP contribution >= 0.6 is 0 Å². The highest BCUT2D eigenvalue weighted by Crippen LogP contribution is 2.19. The maximum atomic E-state index is 13.5. The van der Waals surface area contributed by atoms with E-state index < -0.39 is 17.5 Å². The summed E-state index contributed by atoms with van der Waals surface area (Å²) in [4.78, 5) is 11.8. The Hall–Kier alpha value is -2.43. The summed E-state index contributed by atoms with van der Waals surface area (Å²) < 4.78 is 26.9. The smallest absolute Gasteiger partial charge is 0.258 e. The van der Waals surface area contributed by atoms with Gasteiger partial charge in [-0.2, -0.15) is 0 Å². The third kappa shape index (κ3) is 2.88. The van der Waals surface area contributed by atoms with E-state index in [9.17, 15) is 13.6 Å². The number of rotatable bonds is 2. The number of hydrogen-bond acceptors (Lipinski definition) is 2. The van der Waals surface area contributed by atoms with Crippen LogP contribution in [0.2, 0.25) is 0 Å². The number of halogens is 2. The van der Waals surface area contributed by atoms with Gasteiger partial charge >= 0.3 is 0 Å². The SMILES string of the molecule is Cc1ccc(F)c(NC(=O)c2ccc(O)cc2F)c1. The number of carbonyl (C=O) groups excluding carboxylic acids is 1. The maximum absolute atomic E-state index is 13.5. The monoisotopic (exact) mass is 263 g/mol. The fourth-order valence-electron chi connectivity index (χ4n) is 1.61. The molecule has 0 saturated heterocycles. The van der Waals surface area contributed by atoms with Crippen LogP contribution in [0.3, 0.4) is 0 Å². The zero-order valence-corrected chi connectivity index (χ0v) is 10.1. The summed E-state index contributed by atoms with van der Waals surface area (Å²) in [5.74, 6) is -2.53. The number of hydrogen-bond donors (Lipinski definition) is 2. The summed E-state index contributed by atoms with van der Waals surface area (Å²) >= 11 is 0. The number of amides is 1. The van der Waals surface area contributed by atoms with Gasteiger partial charge < -0.3 is 10.4 Å². The number of phenolic OH excluding ortho intramolecular Hbond substituents is 1. The molecule has 2 aromatic carbocycles. The van der Waals surface area contributed by atoms with E-state index in [4.69, 9.17) is 5.11 Å². The molecule has 0 fully saturated rings. The molecule has 5 heteroatoms. The van der Waals surface area contributed by atoms with Crippen LogP contribution in [0.4, 0.5) is 14.5 Å². The van der Waals surface area contributed by atoms with Crippen LogP contribution in [-0.4, -0.2) is 11.0 Å². The Kier molecular flexibility index (Phi) is 3.46. The predicted molar refractivity (Wildman–Crippen MR) is 67.2 cm³/mol. The Balaban J connectivity index is 2.28. The van der Waals surface area contributed by atoms with Gasteiger partial charge in [0.05, 0.1) is 11.3 Å². The highest BCUT2D eigenvalue weighted by atomic mass is 19.1. The average Bonchev–Trinajstić information content (AvgIpc) is 2.33. The van der Waals surface area contributed by atoms with E-state index in [1.165, 1.54) is 18.2 Å². The third-order valence-corrected chi connectivity index (χ3v) is 2.57. The number of carbonyl (C=O) groups is 1. The Morgan fingerprint density at radius 3 is 2.53 bits per heavy atom. The molecule has 0 aliphatic carbocycles. The topological polar surface area (TPSA) is 49.3 Å². The second-order valence-corrected chi connectivity index (χ2v) is 4.10. The molecule has 0 aliphatic heterocycles. The van der Waals surface area contributed by atoms with Crippen LogP contribution in [0.25, 0.3) is 0 Å². The second-order valence-electron chi connectivity index (χ2n) is 4.10. The van der Waals surface area contributed by atoms with Gasteiger partial charge in [0.1, 0.15) is 17.4 Å². The van der Waals surface area contributed by atoms with E-state index >= 15 is 0 Å². The molecule has 0 radical (unpaired) electrons. The summed E-state index contributed by atoms with van der Waals surface area (Å²) in [6.45, 7) is 1.75. The molecular formula is C14H11F2NO2. The van der Waals surface area contributed by atoms with E-state index in [0.717, 1.165) is 17.7 Å². The maximum Gasteiger partial charge on any atom is 0.258 e. The van der Waals surface area contributed by atoms with E-state index in [2.05, 4.69) is 5.32 Å². The molecule has 2 aromatic rings. The van der Waals surface area contributed by atoms with E-state index in [1.54, 1.807) is 13.0 Å². The zero-order chi connectivity index (χ0) is 14.0. The summed E-state index contributed by atoms with van der Waals surface area (Å²) in [7, 11) is 0. The minimum atomic E-state index is -0.870. The molecule has 3 nitrogen and oxygen atoms in total. The number of benzene rings is 2. The minimum Gasteiger partial charge on any atom is -0.508 e. The van der Waals surface area contributed by atoms with Gasteiger partial charge in [-0.3, -0.25) is 4.79 Å². The third-order valence-electron chi connectivity index (χ3n) is 2.57. The van der Waals surface area contributed by atoms with Crippen molar-refractivity contribution < 1.29 is 18.7 Å². The Morgan fingerprint density at radius 1 is 1.11 bits per heavy atom. The quantitative estimate of drug-likeness (QED) is 0.873. The van der Waals surface area contributed by atoms with Crippen molar-refractivity contribution in [1.82, 2.24) is 0 Å². The molecule has 19 heavy (non-hydrogen) atoms. The molecule has 0 unspecified atom stereocenters. The number of phenols is 1. The first kappa shape index (κ1) is 13.0. The lowest BCUT2D eigenvalue weighted by molar-refractivity contribution is 0.102. The molecule has 0 spiro atoms. The zero-order valence-electron chi connectivity index (χ0n) is 10.1. The molecule has 0 saturated carbocycles. The van der Waals surface area contributed by atoms with Gasteiger partial charge in [-0.15, -0.1) is 0 Å². The van der Waals surface area contributed by atoms with Crippen molar-refractivity contribution in [3.05, 3.63) is 59.2 Å². The van der Waals surface area contributed by atoms with Gasteiger partial charge in [0.15, 0.2) is 0 Å². The summed E-state index contributed by atoms with van der Waals surface area (Å²) in [5, 5.41) is 11.3. The van der Waals surface area contributed by atoms with Crippen molar-refractivity contribution in [3.8, 4) is 5.75 Å². The summed E-state index contributed by atoms with van der Waals surface area (Å²) in [5.41, 5.74) is 0.485. The number of aryl methyl sites for hydroxylation is 1. The van der Waals surface area contributed by atoms with Crippen molar-refractivity contribution in [2.75, 3.05) is 5.32 Å². The van der Waals surface area contributed by atoms with Crippen LogP contribution in [0.1, 0.15) is 15.9 Å². The van der Waals surface area contributed by atoms with Crippen LogP contribution in [0.5, 0.6) is 5.75 Å². The van der Waals surface area contributed by atoms with Crippen LogP contribution in [-0.2, 0) is 0 Å². The van der Waals surface area contributed by atoms with E-state index in [0.29, 0.717) is 0 Å². The molecule has 98 valence electrons. The molecule has 2 rings (SSSR count). The number of aromatic hydroxyl groups is 1. The Labute approximate surface area is 108 Å². The fraction of sp³-hybridized carbons (Fsp3) is 0.0714. The standard InChI is InChI=1S/C14H11F2NO2/c1-8-2-5-11(15)13(6-8)17-14(19)10-4-3-9(18)7-12(10)16/h2-7,18H,1H3,(H,17,19). The Bertz CT molecular complexity index is 641. The molecule has 0 heterocycles. The van der Waals surface area contributed by atoms with E-state index in [1.807, 2.05) is 0 Å². The lowest BCUT2D eigenvalue weighted by Crippen LogP contribution is -2.14. The number of nitrogens with one attached hydrogen (secondary N) is 1. The second kappa shape index (κ2) is 5.06. The van der Waals surface area contributed by atoms with Crippen LogP contribution in [0, 0.1) is 18.6 Å². The first-order chi connectivity index (χ1) is 8.97. The summed E-state index contributed by atoms with van der Waals surface area (Å²) in [6, 6.07) is 7.37. The Morgan fingerprint density at radius 2 is 1.84 bits per heavy atom. The molecule has 0 aromatic heterocycles. The molecule has 0 atom stereocenters. The van der Waals surface area contributed by atoms with Crippen LogP contribution in [0.15, 0.2) is 36.4 Å². The van der Waals surface area contributed by atoms with Gasteiger partial charge in [-0.1, -0.05) is 6.07 Å². The van der Waals surface area contributed by atoms with Gasteiger partial charge in [-0.05, 0) is 36.8 Å². The lowest BCUT2D eigenvalue weighted by atomic mass is 10.1. The predicted octanol–water partition coefficient (Wildman–Crippen LogP) is 3.23. The lowest BCUT2D eigenvalue weighted by Gasteiger charge is -2.08. The van der Waals surface area contributed by atoms with Crippen molar-refractivity contribution >= 4 is 11.6 Å². The molecule has 0 aliphatic rings. The van der Waals surface area contributed by atoms with E-state index in [-0.39, 0.29) is 17.0 Å². The molecule has 0 bridgehead atoms. The summed E-state index contributed by atoms with van der Waals surface area (Å²) in [6.07, 6.45) is 0. The molecule has 1 amide bonds. The van der Waals surface area contributed by atoms with Crippen LogP contribution < -0.4 is 5.32 Å².